The van der Waals surface area contributed by atoms with Crippen LogP contribution in [0.25, 0.3) is 0 Å². The van der Waals surface area contributed by atoms with Crippen molar-refractivity contribution in [1.29, 1.82) is 0 Å². The Kier molecular flexibility index (Phi) is 3.71. The molecule has 0 aromatic heterocycles. The van der Waals surface area contributed by atoms with Gasteiger partial charge in [-0.1, -0.05) is 24.6 Å². The number of halogens is 3. The number of benzene rings is 1. The highest BCUT2D eigenvalue weighted by Gasteiger charge is 2.68. The number of fused-ring (bicyclic) bond motifs is 1. The topological polar surface area (TPSA) is 52.9 Å². The van der Waals surface area contributed by atoms with E-state index in [2.05, 4.69) is 5.10 Å². The third-order valence-corrected chi connectivity index (χ3v) is 4.60. The van der Waals surface area contributed by atoms with Gasteiger partial charge in [-0.05, 0) is 37.8 Å². The Hall–Kier alpha value is -1.89. The van der Waals surface area contributed by atoms with Crippen LogP contribution in [-0.4, -0.2) is 33.6 Å². The zero-order valence-corrected chi connectivity index (χ0v) is 12.6. The standard InChI is InChI=1S/C16H17F3N2O2/c1-10-6-2-3-7-11(10)14(22)21-15(23,16(17,18)19)12-8-4-5-9-13(12)20-21/h2-3,6-7,12,23H,4-5,8-9H2,1H3/t12-,15+/m1/s1. The lowest BCUT2D eigenvalue weighted by Gasteiger charge is -2.38. The first-order valence-electron chi connectivity index (χ1n) is 7.53. The molecule has 0 spiro atoms. The summed E-state index contributed by atoms with van der Waals surface area (Å²) in [7, 11) is 0. The maximum atomic E-state index is 13.6. The number of hydrogen-bond acceptors (Lipinski definition) is 3. The Labute approximate surface area is 131 Å². The lowest BCUT2D eigenvalue weighted by atomic mass is 9.80. The molecule has 1 aromatic carbocycles. The van der Waals surface area contributed by atoms with E-state index in [9.17, 15) is 23.1 Å². The first-order chi connectivity index (χ1) is 10.8. The number of rotatable bonds is 1. The molecule has 0 unspecified atom stereocenters. The highest BCUT2D eigenvalue weighted by molar-refractivity contribution is 6.00. The van der Waals surface area contributed by atoms with Crippen LogP contribution in [0.1, 0.15) is 41.6 Å². The van der Waals surface area contributed by atoms with Gasteiger partial charge in [0.2, 0.25) is 0 Å². The molecule has 1 aromatic rings. The van der Waals surface area contributed by atoms with Gasteiger partial charge in [-0.15, -0.1) is 0 Å². The van der Waals surface area contributed by atoms with Crippen molar-refractivity contribution in [3.63, 3.8) is 0 Å². The quantitative estimate of drug-likeness (QED) is 0.861. The number of aryl methyl sites for hydroxylation is 1. The summed E-state index contributed by atoms with van der Waals surface area (Å²) in [5.41, 5.74) is -2.35. The molecule has 0 bridgehead atoms. The van der Waals surface area contributed by atoms with Gasteiger partial charge in [0.05, 0.1) is 5.92 Å². The van der Waals surface area contributed by atoms with Crippen molar-refractivity contribution >= 4 is 11.6 Å². The molecular formula is C16H17F3N2O2. The largest absolute Gasteiger partial charge is 0.439 e. The molecule has 1 aliphatic heterocycles. The van der Waals surface area contributed by atoms with Gasteiger partial charge < -0.3 is 5.11 Å². The third kappa shape index (κ3) is 2.34. The molecule has 3 rings (SSSR count). The van der Waals surface area contributed by atoms with Crippen LogP contribution in [0.5, 0.6) is 0 Å². The average molecular weight is 326 g/mol. The zero-order valence-electron chi connectivity index (χ0n) is 12.6. The number of hydrazone groups is 1. The van der Waals surface area contributed by atoms with Gasteiger partial charge in [0.1, 0.15) is 0 Å². The van der Waals surface area contributed by atoms with Gasteiger partial charge >= 0.3 is 6.18 Å². The predicted molar refractivity (Wildman–Crippen MR) is 77.7 cm³/mol. The van der Waals surface area contributed by atoms with Crippen molar-refractivity contribution in [3.05, 3.63) is 35.4 Å². The molecule has 1 N–H and O–H groups in total. The van der Waals surface area contributed by atoms with Gasteiger partial charge in [-0.25, -0.2) is 0 Å². The number of alkyl halides is 3. The second-order valence-electron chi connectivity index (χ2n) is 6.05. The monoisotopic (exact) mass is 326 g/mol. The molecule has 1 amide bonds. The van der Waals surface area contributed by atoms with E-state index in [0.29, 0.717) is 18.4 Å². The third-order valence-electron chi connectivity index (χ3n) is 4.60. The molecule has 4 nitrogen and oxygen atoms in total. The molecule has 1 saturated carbocycles. The number of nitrogens with zero attached hydrogens (tertiary/aromatic N) is 2. The Balaban J connectivity index is 2.07. The van der Waals surface area contributed by atoms with Gasteiger partial charge in [0.15, 0.2) is 0 Å². The highest BCUT2D eigenvalue weighted by atomic mass is 19.4. The molecule has 0 radical (unpaired) electrons. The summed E-state index contributed by atoms with van der Waals surface area (Å²) in [6.07, 6.45) is -3.13. The van der Waals surface area contributed by atoms with Crippen molar-refractivity contribution in [3.8, 4) is 0 Å². The van der Waals surface area contributed by atoms with Crippen LogP contribution in [0.3, 0.4) is 0 Å². The molecule has 2 atom stereocenters. The Morgan fingerprint density at radius 1 is 1.35 bits per heavy atom. The SMILES string of the molecule is Cc1ccccc1C(=O)N1N=C2CCCC[C@H]2[C@]1(O)C(F)(F)F. The smallest absolute Gasteiger partial charge is 0.362 e. The number of amides is 1. The van der Waals surface area contributed by atoms with Crippen LogP contribution in [0.15, 0.2) is 29.4 Å². The van der Waals surface area contributed by atoms with Crippen LogP contribution in [-0.2, 0) is 0 Å². The number of aliphatic hydroxyl groups is 1. The number of carbonyl (C=O) groups excluding carboxylic acids is 1. The van der Waals surface area contributed by atoms with E-state index in [1.165, 1.54) is 6.07 Å². The van der Waals surface area contributed by atoms with E-state index in [1.54, 1.807) is 25.1 Å². The maximum Gasteiger partial charge on any atom is 0.439 e. The summed E-state index contributed by atoms with van der Waals surface area (Å²) in [6, 6.07) is 6.34. The number of carbonyl (C=O) groups is 1. The average Bonchev–Trinajstić information content (AvgIpc) is 2.82. The summed E-state index contributed by atoms with van der Waals surface area (Å²) in [5, 5.41) is 14.6. The summed E-state index contributed by atoms with van der Waals surface area (Å²) < 4.78 is 40.9. The van der Waals surface area contributed by atoms with Crippen LogP contribution in [0, 0.1) is 12.8 Å². The van der Waals surface area contributed by atoms with Crippen LogP contribution >= 0.6 is 0 Å². The minimum atomic E-state index is -4.97. The Morgan fingerprint density at radius 2 is 2.04 bits per heavy atom. The van der Waals surface area contributed by atoms with E-state index >= 15 is 0 Å². The van der Waals surface area contributed by atoms with Gasteiger partial charge in [0.25, 0.3) is 11.6 Å². The van der Waals surface area contributed by atoms with E-state index in [-0.39, 0.29) is 22.7 Å². The number of hydrogen-bond donors (Lipinski definition) is 1. The molecule has 1 fully saturated rings. The molecule has 7 heteroatoms. The minimum absolute atomic E-state index is 0.109. The Morgan fingerprint density at radius 3 is 2.70 bits per heavy atom. The van der Waals surface area contributed by atoms with Crippen molar-refractivity contribution in [2.45, 2.75) is 44.5 Å². The fraction of sp³-hybridized carbons (Fsp3) is 0.500. The van der Waals surface area contributed by atoms with Crippen molar-refractivity contribution in [2.24, 2.45) is 11.0 Å². The van der Waals surface area contributed by atoms with Crippen molar-refractivity contribution in [1.82, 2.24) is 5.01 Å². The molecule has 0 saturated heterocycles. The van der Waals surface area contributed by atoms with Crippen LogP contribution in [0.2, 0.25) is 0 Å². The minimum Gasteiger partial charge on any atom is -0.362 e. The molecule has 1 heterocycles. The fourth-order valence-electron chi connectivity index (χ4n) is 3.35. The lowest BCUT2D eigenvalue weighted by molar-refractivity contribution is -0.312. The summed E-state index contributed by atoms with van der Waals surface area (Å²) in [5.74, 6) is -2.10. The van der Waals surface area contributed by atoms with Crippen LogP contribution in [0.4, 0.5) is 13.2 Å². The molecular weight excluding hydrogens is 309 g/mol. The van der Waals surface area contributed by atoms with E-state index in [1.807, 2.05) is 0 Å². The van der Waals surface area contributed by atoms with Gasteiger partial charge in [0, 0.05) is 11.3 Å². The summed E-state index contributed by atoms with van der Waals surface area (Å²) in [4.78, 5) is 12.6. The molecule has 2 aliphatic rings. The van der Waals surface area contributed by atoms with Crippen molar-refractivity contribution < 1.29 is 23.1 Å². The van der Waals surface area contributed by atoms with E-state index < -0.39 is 23.7 Å². The maximum absolute atomic E-state index is 13.6. The van der Waals surface area contributed by atoms with Crippen LogP contribution < -0.4 is 0 Å². The first kappa shape index (κ1) is 16.0. The normalized spacial score (nSPS) is 27.6. The predicted octanol–water partition coefficient (Wildman–Crippen LogP) is 3.25. The second kappa shape index (κ2) is 5.33. The lowest BCUT2D eigenvalue weighted by Crippen LogP contribution is -2.61. The second-order valence-corrected chi connectivity index (χ2v) is 6.05. The zero-order chi connectivity index (χ0) is 16.8. The molecule has 124 valence electrons. The highest BCUT2D eigenvalue weighted by Crippen LogP contribution is 2.48. The van der Waals surface area contributed by atoms with Gasteiger partial charge in [-0.3, -0.25) is 4.79 Å². The fourth-order valence-corrected chi connectivity index (χ4v) is 3.35. The van der Waals surface area contributed by atoms with E-state index in [4.69, 9.17) is 0 Å². The summed E-state index contributed by atoms with van der Waals surface area (Å²) in [6.45, 7) is 1.64. The van der Waals surface area contributed by atoms with Gasteiger partial charge in [-0.2, -0.15) is 23.3 Å². The molecule has 23 heavy (non-hydrogen) atoms. The van der Waals surface area contributed by atoms with Crippen molar-refractivity contribution in [2.75, 3.05) is 0 Å². The summed E-state index contributed by atoms with van der Waals surface area (Å²) >= 11 is 0. The van der Waals surface area contributed by atoms with E-state index in [0.717, 1.165) is 6.42 Å². The molecule has 1 aliphatic carbocycles. The Bertz CT molecular complexity index is 672. The first-order valence-corrected chi connectivity index (χ1v) is 7.53.